The number of hydrogen-bond acceptors (Lipinski definition) is 4. The number of nitrogens with zero attached hydrogens (tertiary/aromatic N) is 1. The molecule has 0 aliphatic rings. The van der Waals surface area contributed by atoms with Gasteiger partial charge in [-0.15, -0.1) is 0 Å². The van der Waals surface area contributed by atoms with Crippen LogP contribution in [0.4, 0.5) is 0 Å². The van der Waals surface area contributed by atoms with Gasteiger partial charge in [0.05, 0.1) is 11.8 Å². The van der Waals surface area contributed by atoms with Gasteiger partial charge in [-0.1, -0.05) is 0 Å². The number of unbranched alkanes of at least 4 members (excludes halogenated alkanes) is 1. The number of rotatable bonds is 6. The molecule has 1 aromatic rings. The van der Waals surface area contributed by atoms with Gasteiger partial charge in [-0.3, -0.25) is 9.78 Å². The average molecular weight is 240 g/mol. The third kappa shape index (κ3) is 4.10. The van der Waals surface area contributed by atoms with Gasteiger partial charge in [-0.05, 0) is 30.9 Å². The van der Waals surface area contributed by atoms with Crippen LogP contribution < -0.4 is 5.32 Å². The number of nitrogens with one attached hydrogen (secondary N) is 1. The minimum atomic E-state index is -0.246. The van der Waals surface area contributed by atoms with Gasteiger partial charge in [-0.25, -0.2) is 0 Å². The predicted octanol–water partition coefficient (Wildman–Crippen LogP) is 1.66. The topological polar surface area (TPSA) is 62.2 Å². The number of thioether (sulfide) groups is 1. The van der Waals surface area contributed by atoms with E-state index in [2.05, 4.69) is 16.6 Å². The second-order valence-electron chi connectivity index (χ2n) is 3.35. The first-order chi connectivity index (χ1) is 7.75. The van der Waals surface area contributed by atoms with Gasteiger partial charge in [0.1, 0.15) is 5.75 Å². The molecule has 0 aliphatic heterocycles. The Balaban J connectivity index is 2.33. The average Bonchev–Trinajstić information content (AvgIpc) is 2.29. The molecule has 0 atom stereocenters. The summed E-state index contributed by atoms with van der Waals surface area (Å²) >= 11 is 1.80. The first-order valence-corrected chi connectivity index (χ1v) is 6.55. The summed E-state index contributed by atoms with van der Waals surface area (Å²) in [6.07, 6.45) is 6.86. The SMILES string of the molecule is CSCCCCNC(=O)c1ccncc1O. The lowest BCUT2D eigenvalue weighted by atomic mass is 10.2. The van der Waals surface area contributed by atoms with Crippen LogP contribution in [0.25, 0.3) is 0 Å². The Morgan fingerprint density at radius 2 is 2.38 bits per heavy atom. The van der Waals surface area contributed by atoms with Crippen LogP contribution in [0.3, 0.4) is 0 Å². The van der Waals surface area contributed by atoms with E-state index >= 15 is 0 Å². The zero-order valence-corrected chi connectivity index (χ0v) is 10.1. The minimum Gasteiger partial charge on any atom is -0.505 e. The van der Waals surface area contributed by atoms with Crippen LogP contribution in [0.15, 0.2) is 18.5 Å². The van der Waals surface area contributed by atoms with E-state index in [1.54, 1.807) is 11.8 Å². The van der Waals surface area contributed by atoms with Crippen molar-refractivity contribution in [3.05, 3.63) is 24.0 Å². The molecule has 1 amide bonds. The maximum absolute atomic E-state index is 11.6. The van der Waals surface area contributed by atoms with Crippen molar-refractivity contribution < 1.29 is 9.90 Å². The van der Waals surface area contributed by atoms with Crippen molar-refractivity contribution in [2.75, 3.05) is 18.6 Å². The Bertz CT molecular complexity index is 345. The number of amides is 1. The van der Waals surface area contributed by atoms with Crippen LogP contribution in [-0.4, -0.2) is 34.6 Å². The van der Waals surface area contributed by atoms with Crippen LogP contribution in [0, 0.1) is 0 Å². The summed E-state index contributed by atoms with van der Waals surface area (Å²) in [5.74, 6) is 0.782. The van der Waals surface area contributed by atoms with Crippen LogP contribution >= 0.6 is 11.8 Å². The normalized spacial score (nSPS) is 10.1. The number of aromatic hydroxyl groups is 1. The number of carbonyl (C=O) groups is 1. The molecule has 0 fully saturated rings. The largest absolute Gasteiger partial charge is 0.505 e. The van der Waals surface area contributed by atoms with Crippen LogP contribution in [0.1, 0.15) is 23.2 Å². The van der Waals surface area contributed by atoms with Gasteiger partial charge in [-0.2, -0.15) is 11.8 Å². The molecular weight excluding hydrogens is 224 g/mol. The fraction of sp³-hybridized carbons (Fsp3) is 0.455. The molecule has 0 saturated heterocycles. The highest BCUT2D eigenvalue weighted by atomic mass is 32.2. The van der Waals surface area contributed by atoms with Crippen molar-refractivity contribution in [1.29, 1.82) is 0 Å². The molecular formula is C11H16N2O2S. The molecule has 5 heteroatoms. The summed E-state index contributed by atoms with van der Waals surface area (Å²) in [4.78, 5) is 15.3. The first-order valence-electron chi connectivity index (χ1n) is 5.16. The molecule has 0 saturated carbocycles. The highest BCUT2D eigenvalue weighted by Crippen LogP contribution is 2.13. The van der Waals surface area contributed by atoms with Crippen molar-refractivity contribution in [3.8, 4) is 5.75 Å². The third-order valence-corrected chi connectivity index (χ3v) is 2.80. The number of carbonyl (C=O) groups excluding carboxylic acids is 1. The molecule has 0 aromatic carbocycles. The smallest absolute Gasteiger partial charge is 0.255 e. The number of hydrogen-bond donors (Lipinski definition) is 2. The highest BCUT2D eigenvalue weighted by Gasteiger charge is 2.09. The van der Waals surface area contributed by atoms with Crippen LogP contribution in [-0.2, 0) is 0 Å². The summed E-state index contributed by atoms with van der Waals surface area (Å²) in [7, 11) is 0. The predicted molar refractivity (Wildman–Crippen MR) is 65.9 cm³/mol. The molecule has 16 heavy (non-hydrogen) atoms. The molecule has 0 unspecified atom stereocenters. The third-order valence-electron chi connectivity index (χ3n) is 2.11. The Kier molecular flexibility index (Phi) is 5.71. The summed E-state index contributed by atoms with van der Waals surface area (Å²) < 4.78 is 0. The van der Waals surface area contributed by atoms with E-state index in [4.69, 9.17) is 0 Å². The van der Waals surface area contributed by atoms with Gasteiger partial charge in [0.15, 0.2) is 0 Å². The van der Waals surface area contributed by atoms with Crippen LogP contribution in [0.5, 0.6) is 5.75 Å². The molecule has 0 spiro atoms. The second kappa shape index (κ2) is 7.11. The van der Waals surface area contributed by atoms with Crippen molar-refractivity contribution in [2.24, 2.45) is 0 Å². The van der Waals surface area contributed by atoms with E-state index in [0.717, 1.165) is 18.6 Å². The molecule has 0 aliphatic carbocycles. The molecule has 0 radical (unpaired) electrons. The minimum absolute atomic E-state index is 0.0795. The summed E-state index contributed by atoms with van der Waals surface area (Å²) in [6.45, 7) is 0.640. The fourth-order valence-electron chi connectivity index (χ4n) is 1.25. The van der Waals surface area contributed by atoms with Crippen molar-refractivity contribution >= 4 is 17.7 Å². The first kappa shape index (κ1) is 12.8. The molecule has 88 valence electrons. The lowest BCUT2D eigenvalue weighted by molar-refractivity contribution is 0.0950. The molecule has 0 bridgehead atoms. The lowest BCUT2D eigenvalue weighted by Crippen LogP contribution is -2.24. The zero-order valence-electron chi connectivity index (χ0n) is 9.27. The van der Waals surface area contributed by atoms with E-state index in [1.165, 1.54) is 18.5 Å². The van der Waals surface area contributed by atoms with Crippen LogP contribution in [0.2, 0.25) is 0 Å². The van der Waals surface area contributed by atoms with Crippen molar-refractivity contribution in [2.45, 2.75) is 12.8 Å². The summed E-state index contributed by atoms with van der Waals surface area (Å²) in [5.41, 5.74) is 0.278. The molecule has 2 N–H and O–H groups in total. The molecule has 1 aromatic heterocycles. The number of pyridine rings is 1. The van der Waals surface area contributed by atoms with E-state index < -0.39 is 0 Å². The van der Waals surface area contributed by atoms with E-state index in [9.17, 15) is 9.90 Å². The lowest BCUT2D eigenvalue weighted by Gasteiger charge is -2.05. The van der Waals surface area contributed by atoms with E-state index in [1.807, 2.05) is 0 Å². The fourth-order valence-corrected chi connectivity index (χ4v) is 1.74. The molecule has 1 rings (SSSR count). The Labute approximate surface area is 99.5 Å². The van der Waals surface area contributed by atoms with Gasteiger partial charge in [0.2, 0.25) is 0 Å². The zero-order chi connectivity index (χ0) is 11.8. The molecule has 4 nitrogen and oxygen atoms in total. The Morgan fingerprint density at radius 1 is 1.56 bits per heavy atom. The second-order valence-corrected chi connectivity index (χ2v) is 4.33. The van der Waals surface area contributed by atoms with Gasteiger partial charge >= 0.3 is 0 Å². The van der Waals surface area contributed by atoms with Gasteiger partial charge < -0.3 is 10.4 Å². The maximum atomic E-state index is 11.6. The Hall–Kier alpha value is -1.23. The van der Waals surface area contributed by atoms with Crippen molar-refractivity contribution in [1.82, 2.24) is 10.3 Å². The van der Waals surface area contributed by atoms with E-state index in [0.29, 0.717) is 6.54 Å². The Morgan fingerprint density at radius 3 is 3.06 bits per heavy atom. The summed E-state index contributed by atoms with van der Waals surface area (Å²) in [6, 6.07) is 1.51. The number of aromatic nitrogens is 1. The maximum Gasteiger partial charge on any atom is 0.255 e. The van der Waals surface area contributed by atoms with Crippen molar-refractivity contribution in [3.63, 3.8) is 0 Å². The monoisotopic (exact) mass is 240 g/mol. The quantitative estimate of drug-likeness (QED) is 0.742. The van der Waals surface area contributed by atoms with Gasteiger partial charge in [0, 0.05) is 12.7 Å². The standard InChI is InChI=1S/C11H16N2O2S/c1-16-7-3-2-5-13-11(15)9-4-6-12-8-10(9)14/h4,6,8,14H,2-3,5,7H2,1H3,(H,13,15). The summed E-state index contributed by atoms with van der Waals surface area (Å²) in [5, 5.41) is 12.2. The highest BCUT2D eigenvalue weighted by molar-refractivity contribution is 7.98. The van der Waals surface area contributed by atoms with Gasteiger partial charge in [0.25, 0.3) is 5.91 Å². The molecule has 1 heterocycles. The van der Waals surface area contributed by atoms with E-state index in [-0.39, 0.29) is 17.2 Å².